The number of nitrogens with zero attached hydrogens (tertiary/aromatic N) is 1. The van der Waals surface area contributed by atoms with E-state index in [9.17, 15) is 9.18 Å². The molecule has 2 atom stereocenters. The first-order valence-electron chi connectivity index (χ1n) is 10.2. The fraction of sp³-hybridized carbons (Fsp3) is 0.400. The van der Waals surface area contributed by atoms with Crippen molar-refractivity contribution < 1.29 is 14.3 Å². The monoisotopic (exact) mass is 393 g/mol. The number of aliphatic hydroxyl groups is 1. The molecule has 1 heterocycles. The van der Waals surface area contributed by atoms with Gasteiger partial charge in [-0.25, -0.2) is 4.39 Å². The third-order valence-electron chi connectivity index (χ3n) is 5.51. The van der Waals surface area contributed by atoms with Crippen molar-refractivity contribution in [2.45, 2.75) is 40.0 Å². The SMILES string of the molecule is Cc1cc(C#CCCO)cc(C)c1N1C[C@@H](Cc2ccccc2F)C[C@@H](C)C1=O. The summed E-state index contributed by atoms with van der Waals surface area (Å²) < 4.78 is 14.1. The van der Waals surface area contributed by atoms with Gasteiger partial charge in [-0.2, -0.15) is 0 Å². The molecular formula is C25H28FNO2. The van der Waals surface area contributed by atoms with Gasteiger partial charge in [0.25, 0.3) is 0 Å². The number of halogens is 1. The number of aliphatic hydroxyl groups excluding tert-OH is 1. The summed E-state index contributed by atoms with van der Waals surface area (Å²) in [5.41, 5.74) is 4.54. The topological polar surface area (TPSA) is 40.5 Å². The predicted molar refractivity (Wildman–Crippen MR) is 114 cm³/mol. The maximum absolute atomic E-state index is 14.1. The average molecular weight is 394 g/mol. The molecule has 4 heteroatoms. The highest BCUT2D eigenvalue weighted by Gasteiger charge is 2.34. The minimum absolute atomic E-state index is 0.0482. The molecule has 152 valence electrons. The quantitative estimate of drug-likeness (QED) is 0.782. The largest absolute Gasteiger partial charge is 0.395 e. The molecule has 0 unspecified atom stereocenters. The number of carbonyl (C=O) groups is 1. The number of hydrogen-bond donors (Lipinski definition) is 1. The lowest BCUT2D eigenvalue weighted by molar-refractivity contribution is -0.124. The molecule has 1 aliphatic heterocycles. The molecular weight excluding hydrogens is 365 g/mol. The number of carbonyl (C=O) groups excluding carboxylic acids is 1. The van der Waals surface area contributed by atoms with Crippen molar-refractivity contribution in [3.8, 4) is 11.8 Å². The molecule has 0 radical (unpaired) electrons. The number of anilines is 1. The van der Waals surface area contributed by atoms with Crippen molar-refractivity contribution in [1.82, 2.24) is 0 Å². The van der Waals surface area contributed by atoms with Crippen LogP contribution < -0.4 is 4.90 Å². The zero-order valence-corrected chi connectivity index (χ0v) is 17.3. The van der Waals surface area contributed by atoms with Gasteiger partial charge in [-0.3, -0.25) is 4.79 Å². The zero-order chi connectivity index (χ0) is 21.0. The molecule has 3 rings (SSSR count). The van der Waals surface area contributed by atoms with Crippen LogP contribution in [0, 0.1) is 43.3 Å². The van der Waals surface area contributed by atoms with Gasteiger partial charge in [-0.15, -0.1) is 0 Å². The van der Waals surface area contributed by atoms with Crippen LogP contribution in [0.25, 0.3) is 0 Å². The van der Waals surface area contributed by atoms with E-state index in [4.69, 9.17) is 5.11 Å². The normalized spacial score (nSPS) is 19.1. The molecule has 0 saturated carbocycles. The Morgan fingerprint density at radius 2 is 1.90 bits per heavy atom. The van der Waals surface area contributed by atoms with Crippen LogP contribution in [0.1, 0.15) is 42.0 Å². The Morgan fingerprint density at radius 3 is 2.55 bits per heavy atom. The number of piperidine rings is 1. The number of rotatable bonds is 4. The minimum Gasteiger partial charge on any atom is -0.395 e. The van der Waals surface area contributed by atoms with E-state index < -0.39 is 0 Å². The lowest BCUT2D eigenvalue weighted by atomic mass is 9.84. The molecule has 1 fully saturated rings. The fourth-order valence-electron chi connectivity index (χ4n) is 4.29. The number of benzene rings is 2. The maximum Gasteiger partial charge on any atom is 0.229 e. The van der Waals surface area contributed by atoms with Gasteiger partial charge in [0.2, 0.25) is 5.91 Å². The van der Waals surface area contributed by atoms with Gasteiger partial charge in [-0.05, 0) is 67.5 Å². The molecule has 1 aliphatic rings. The molecule has 0 aromatic heterocycles. The standard InChI is InChI=1S/C25H28FNO2/c1-17-12-20(8-6-7-11-28)13-18(2)24(17)27-16-21(14-19(3)25(27)29)15-22-9-4-5-10-23(22)26/h4-5,9-10,12-13,19,21,28H,7,11,14-16H2,1-3H3/t19-,21-/m1/s1. The van der Waals surface area contributed by atoms with Crippen LogP contribution in [0.4, 0.5) is 10.1 Å². The summed E-state index contributed by atoms with van der Waals surface area (Å²) in [5, 5.41) is 8.90. The van der Waals surface area contributed by atoms with Crippen LogP contribution in [0.2, 0.25) is 0 Å². The second-order valence-electron chi connectivity index (χ2n) is 7.98. The second-order valence-corrected chi connectivity index (χ2v) is 7.98. The molecule has 1 amide bonds. The molecule has 0 aliphatic carbocycles. The molecule has 2 aromatic carbocycles. The minimum atomic E-state index is -0.179. The smallest absolute Gasteiger partial charge is 0.229 e. The Morgan fingerprint density at radius 1 is 1.21 bits per heavy atom. The number of aryl methyl sites for hydroxylation is 2. The van der Waals surface area contributed by atoms with E-state index in [1.165, 1.54) is 6.07 Å². The van der Waals surface area contributed by atoms with E-state index in [0.29, 0.717) is 24.9 Å². The van der Waals surface area contributed by atoms with Crippen LogP contribution in [0.15, 0.2) is 36.4 Å². The zero-order valence-electron chi connectivity index (χ0n) is 17.3. The number of amides is 1. The van der Waals surface area contributed by atoms with Crippen molar-refractivity contribution in [3.63, 3.8) is 0 Å². The molecule has 2 aromatic rings. The fourth-order valence-corrected chi connectivity index (χ4v) is 4.29. The molecule has 1 saturated heterocycles. The average Bonchev–Trinajstić information content (AvgIpc) is 2.67. The molecule has 1 N–H and O–H groups in total. The Kier molecular flexibility index (Phi) is 6.71. The van der Waals surface area contributed by atoms with E-state index in [1.807, 2.05) is 49.9 Å². The molecule has 3 nitrogen and oxygen atoms in total. The van der Waals surface area contributed by atoms with Crippen LogP contribution >= 0.6 is 0 Å². The summed E-state index contributed by atoms with van der Waals surface area (Å²) in [6.07, 6.45) is 1.84. The van der Waals surface area contributed by atoms with Crippen molar-refractivity contribution in [2.75, 3.05) is 18.1 Å². The van der Waals surface area contributed by atoms with E-state index >= 15 is 0 Å². The van der Waals surface area contributed by atoms with Crippen molar-refractivity contribution >= 4 is 11.6 Å². The van der Waals surface area contributed by atoms with Gasteiger partial charge in [0, 0.05) is 30.1 Å². The summed E-state index contributed by atoms with van der Waals surface area (Å²) in [4.78, 5) is 14.9. The highest BCUT2D eigenvalue weighted by Crippen LogP contribution is 2.34. The third-order valence-corrected chi connectivity index (χ3v) is 5.51. The van der Waals surface area contributed by atoms with Gasteiger partial charge in [0.1, 0.15) is 5.82 Å². The van der Waals surface area contributed by atoms with E-state index in [0.717, 1.165) is 28.8 Å². The first kappa shape index (κ1) is 21.1. The van der Waals surface area contributed by atoms with Gasteiger partial charge >= 0.3 is 0 Å². The molecule has 0 bridgehead atoms. The van der Waals surface area contributed by atoms with Gasteiger partial charge in [-0.1, -0.05) is 37.0 Å². The van der Waals surface area contributed by atoms with Gasteiger partial charge in [0.05, 0.1) is 6.61 Å². The lowest BCUT2D eigenvalue weighted by Crippen LogP contribution is -2.46. The Balaban J connectivity index is 1.87. The summed E-state index contributed by atoms with van der Waals surface area (Å²) in [5.74, 6) is 6.08. The molecule has 29 heavy (non-hydrogen) atoms. The first-order valence-corrected chi connectivity index (χ1v) is 10.2. The maximum atomic E-state index is 14.1. The Labute approximate surface area is 172 Å². The van der Waals surface area contributed by atoms with Crippen molar-refractivity contribution in [2.24, 2.45) is 11.8 Å². The summed E-state index contributed by atoms with van der Waals surface area (Å²) in [7, 11) is 0. The second kappa shape index (κ2) is 9.24. The lowest BCUT2D eigenvalue weighted by Gasteiger charge is -2.38. The summed E-state index contributed by atoms with van der Waals surface area (Å²) >= 11 is 0. The molecule has 0 spiro atoms. The van der Waals surface area contributed by atoms with E-state index in [2.05, 4.69) is 11.8 Å². The predicted octanol–water partition coefficient (Wildman–Crippen LogP) is 4.41. The van der Waals surface area contributed by atoms with Gasteiger partial charge < -0.3 is 10.0 Å². The highest BCUT2D eigenvalue weighted by molar-refractivity contribution is 5.97. The third kappa shape index (κ3) is 4.86. The summed E-state index contributed by atoms with van der Waals surface area (Å²) in [6.45, 7) is 6.60. The van der Waals surface area contributed by atoms with Crippen molar-refractivity contribution in [3.05, 3.63) is 64.5 Å². The highest BCUT2D eigenvalue weighted by atomic mass is 19.1. The van der Waals surface area contributed by atoms with Crippen LogP contribution in [-0.2, 0) is 11.2 Å². The van der Waals surface area contributed by atoms with Crippen LogP contribution in [0.3, 0.4) is 0 Å². The van der Waals surface area contributed by atoms with Crippen molar-refractivity contribution in [1.29, 1.82) is 0 Å². The van der Waals surface area contributed by atoms with E-state index in [1.54, 1.807) is 6.07 Å². The van der Waals surface area contributed by atoms with E-state index in [-0.39, 0.29) is 30.2 Å². The summed E-state index contributed by atoms with van der Waals surface area (Å²) in [6, 6.07) is 10.9. The Hall–Kier alpha value is -2.64. The Bertz CT molecular complexity index is 934. The number of hydrogen-bond acceptors (Lipinski definition) is 2. The van der Waals surface area contributed by atoms with Crippen LogP contribution in [-0.4, -0.2) is 24.2 Å². The first-order chi connectivity index (χ1) is 13.9. The van der Waals surface area contributed by atoms with Crippen LogP contribution in [0.5, 0.6) is 0 Å². The van der Waals surface area contributed by atoms with Gasteiger partial charge in [0.15, 0.2) is 0 Å².